The highest BCUT2D eigenvalue weighted by Gasteiger charge is 2.51. The van der Waals surface area contributed by atoms with Crippen molar-refractivity contribution in [1.82, 2.24) is 25.2 Å². The third-order valence-corrected chi connectivity index (χ3v) is 8.53. The number of ether oxygens (including phenoxy) is 4. The topological polar surface area (TPSA) is 218 Å². The zero-order valence-electron chi connectivity index (χ0n) is 26.0. The van der Waals surface area contributed by atoms with Gasteiger partial charge in [-0.3, -0.25) is 14.5 Å². The summed E-state index contributed by atoms with van der Waals surface area (Å²) in [6.45, 7) is 10.5. The average molecular weight is 630 g/mol. The summed E-state index contributed by atoms with van der Waals surface area (Å²) in [5.41, 5.74) is 0.436. The van der Waals surface area contributed by atoms with Crippen LogP contribution in [0.25, 0.3) is 0 Å². The van der Waals surface area contributed by atoms with Crippen LogP contribution in [0.15, 0.2) is 6.20 Å². The molecule has 1 aromatic heterocycles. The molecule has 0 aliphatic carbocycles. The fourth-order valence-electron chi connectivity index (χ4n) is 6.03. The first-order valence-electron chi connectivity index (χ1n) is 15.1. The van der Waals surface area contributed by atoms with Crippen LogP contribution < -0.4 is 5.32 Å². The molecule has 6 N–H and O–H groups in total. The molecule has 0 aromatic carbocycles. The Kier molecular flexibility index (Phi) is 11.5. The van der Waals surface area contributed by atoms with Crippen LogP contribution in [0, 0.1) is 5.92 Å². The lowest BCUT2D eigenvalue weighted by atomic mass is 9.95. The molecule has 3 fully saturated rings. The molecule has 1 amide bonds. The van der Waals surface area contributed by atoms with Gasteiger partial charge in [0.05, 0.1) is 37.6 Å². The third-order valence-electron chi connectivity index (χ3n) is 8.53. The van der Waals surface area contributed by atoms with Crippen molar-refractivity contribution in [2.24, 2.45) is 5.92 Å². The summed E-state index contributed by atoms with van der Waals surface area (Å²) < 4.78 is 24.9. The SMILES string of the molecule is CC(=O)NC1[C@H](OCc2cn([C@@H]3C[C@@H](C(=O)C(C)C)N(C(C)C)C3)nn2)OC(CO)[C@H](O)[C@@H]1O[C@@H]1OC(C)[C@@H](O)[C@H](O)C1O. The maximum absolute atomic E-state index is 12.9. The van der Waals surface area contributed by atoms with Gasteiger partial charge in [-0.2, -0.15) is 0 Å². The molecule has 0 radical (unpaired) electrons. The van der Waals surface area contributed by atoms with E-state index < -0.39 is 73.9 Å². The number of nitrogens with one attached hydrogen (secondary N) is 1. The molecule has 12 atom stereocenters. The van der Waals surface area contributed by atoms with Crippen molar-refractivity contribution in [1.29, 1.82) is 0 Å². The minimum Gasteiger partial charge on any atom is -0.394 e. The number of likely N-dealkylation sites (tertiary alicyclic amines) is 1. The van der Waals surface area contributed by atoms with Crippen LogP contribution in [0.4, 0.5) is 0 Å². The molecule has 4 rings (SSSR count). The highest BCUT2D eigenvalue weighted by molar-refractivity contribution is 5.86. The van der Waals surface area contributed by atoms with E-state index in [0.717, 1.165) is 0 Å². The van der Waals surface area contributed by atoms with Crippen molar-refractivity contribution >= 4 is 11.7 Å². The first kappa shape index (κ1) is 34.7. The van der Waals surface area contributed by atoms with Gasteiger partial charge in [0.15, 0.2) is 18.4 Å². The number of Topliss-reactive ketones (excluding diaryl/α,β-unsaturated/α-hetero) is 1. The second-order valence-corrected chi connectivity index (χ2v) is 12.5. The van der Waals surface area contributed by atoms with Gasteiger partial charge in [-0.15, -0.1) is 5.10 Å². The quantitative estimate of drug-likeness (QED) is 0.154. The molecule has 3 aliphatic heterocycles. The van der Waals surface area contributed by atoms with E-state index in [-0.39, 0.29) is 36.4 Å². The molecule has 4 heterocycles. The number of aromatic nitrogens is 3. The molecule has 3 saturated heterocycles. The minimum absolute atomic E-state index is 0.0747. The number of amides is 1. The largest absolute Gasteiger partial charge is 0.394 e. The molecule has 3 aliphatic rings. The number of ketones is 1. The molecule has 44 heavy (non-hydrogen) atoms. The maximum atomic E-state index is 12.9. The Morgan fingerprint density at radius 1 is 1.07 bits per heavy atom. The molecule has 0 bridgehead atoms. The number of rotatable bonds is 11. The summed E-state index contributed by atoms with van der Waals surface area (Å²) in [6.07, 6.45) is -9.99. The lowest BCUT2D eigenvalue weighted by molar-refractivity contribution is -0.341. The average Bonchev–Trinajstić information content (AvgIpc) is 3.63. The summed E-state index contributed by atoms with van der Waals surface area (Å²) in [5.74, 6) is -0.405. The Labute approximate surface area is 256 Å². The highest BCUT2D eigenvalue weighted by Crippen LogP contribution is 2.32. The second-order valence-electron chi connectivity index (χ2n) is 12.5. The van der Waals surface area contributed by atoms with Crippen LogP contribution in [0.2, 0.25) is 0 Å². The van der Waals surface area contributed by atoms with Crippen molar-refractivity contribution in [3.63, 3.8) is 0 Å². The van der Waals surface area contributed by atoms with Gasteiger partial charge in [0.25, 0.3) is 0 Å². The Hall–Kier alpha value is -2.12. The van der Waals surface area contributed by atoms with E-state index in [0.29, 0.717) is 18.7 Å². The Bertz CT molecular complexity index is 1120. The van der Waals surface area contributed by atoms with Crippen molar-refractivity contribution in [3.05, 3.63) is 11.9 Å². The van der Waals surface area contributed by atoms with Gasteiger partial charge in [0.1, 0.15) is 48.4 Å². The lowest BCUT2D eigenvalue weighted by Gasteiger charge is -2.47. The molecule has 16 nitrogen and oxygen atoms in total. The Balaban J connectivity index is 1.48. The molecule has 4 unspecified atom stereocenters. The number of aliphatic hydroxyl groups is 5. The van der Waals surface area contributed by atoms with Crippen LogP contribution in [-0.2, 0) is 35.1 Å². The van der Waals surface area contributed by atoms with E-state index in [1.165, 1.54) is 13.8 Å². The zero-order valence-corrected chi connectivity index (χ0v) is 26.0. The van der Waals surface area contributed by atoms with E-state index in [1.54, 1.807) is 10.9 Å². The summed E-state index contributed by atoms with van der Waals surface area (Å²) in [5, 5.41) is 62.8. The molecular weight excluding hydrogens is 582 g/mol. The fraction of sp³-hybridized carbons (Fsp3) is 0.857. The number of hydrogen-bond donors (Lipinski definition) is 6. The molecule has 0 saturated carbocycles. The van der Waals surface area contributed by atoms with Gasteiger partial charge in [-0.05, 0) is 27.2 Å². The predicted molar refractivity (Wildman–Crippen MR) is 151 cm³/mol. The molecule has 0 spiro atoms. The number of carbonyl (C=O) groups excluding carboxylic acids is 2. The van der Waals surface area contributed by atoms with Crippen LogP contribution in [0.5, 0.6) is 0 Å². The highest BCUT2D eigenvalue weighted by atomic mass is 16.7. The summed E-state index contributed by atoms with van der Waals surface area (Å²) in [7, 11) is 0. The van der Waals surface area contributed by atoms with Gasteiger partial charge in [-0.25, -0.2) is 4.68 Å². The van der Waals surface area contributed by atoms with Crippen molar-refractivity contribution in [2.45, 2.75) is 134 Å². The van der Waals surface area contributed by atoms with E-state index in [1.807, 2.05) is 13.8 Å². The summed E-state index contributed by atoms with van der Waals surface area (Å²) >= 11 is 0. The van der Waals surface area contributed by atoms with Crippen LogP contribution in [0.1, 0.15) is 59.7 Å². The van der Waals surface area contributed by atoms with Gasteiger partial charge >= 0.3 is 0 Å². The van der Waals surface area contributed by atoms with Gasteiger partial charge in [0, 0.05) is 25.4 Å². The normalized spacial score (nSPS) is 38.4. The van der Waals surface area contributed by atoms with Crippen LogP contribution in [0.3, 0.4) is 0 Å². The minimum atomic E-state index is -1.67. The van der Waals surface area contributed by atoms with E-state index in [2.05, 4.69) is 34.4 Å². The monoisotopic (exact) mass is 629 g/mol. The number of carbonyl (C=O) groups is 2. The second kappa shape index (κ2) is 14.5. The molecular formula is C28H47N5O11. The van der Waals surface area contributed by atoms with Crippen molar-refractivity contribution in [2.75, 3.05) is 13.2 Å². The standard InChI is InChI=1S/C28H47N5O11/c1-12(2)21(36)18-7-17(9-32(18)13(3)4)33-8-16(30-31-33)11-41-27-20(29-15(6)35)26(23(38)19(10-34)43-27)44-28-25(40)24(39)22(37)14(5)42-28/h8,12-14,17-20,22-28,34,37-40H,7,9-11H2,1-6H3,(H,29,35)/t14?,17-,18+,19?,20?,22-,23+,24+,25?,26-,27-,28+/m1/s1. The number of aliphatic hydroxyl groups excluding tert-OH is 5. The molecule has 1 aromatic rings. The van der Waals surface area contributed by atoms with E-state index >= 15 is 0 Å². The smallest absolute Gasteiger partial charge is 0.217 e. The summed E-state index contributed by atoms with van der Waals surface area (Å²) in [6, 6.07) is -1.26. The van der Waals surface area contributed by atoms with E-state index in [9.17, 15) is 35.1 Å². The lowest BCUT2D eigenvalue weighted by Crippen LogP contribution is -2.67. The van der Waals surface area contributed by atoms with Gasteiger partial charge < -0.3 is 49.8 Å². The zero-order chi connectivity index (χ0) is 32.5. The first-order chi connectivity index (χ1) is 20.7. The van der Waals surface area contributed by atoms with Crippen molar-refractivity contribution < 1.29 is 54.1 Å². The van der Waals surface area contributed by atoms with Crippen LogP contribution >= 0.6 is 0 Å². The first-order valence-corrected chi connectivity index (χ1v) is 15.1. The maximum Gasteiger partial charge on any atom is 0.217 e. The number of nitrogens with zero attached hydrogens (tertiary/aromatic N) is 4. The van der Waals surface area contributed by atoms with Crippen molar-refractivity contribution in [3.8, 4) is 0 Å². The van der Waals surface area contributed by atoms with Gasteiger partial charge in [-0.1, -0.05) is 19.1 Å². The van der Waals surface area contributed by atoms with E-state index in [4.69, 9.17) is 18.9 Å². The molecule has 250 valence electrons. The summed E-state index contributed by atoms with van der Waals surface area (Å²) in [4.78, 5) is 27.2. The molecule has 16 heteroatoms. The fourth-order valence-corrected chi connectivity index (χ4v) is 6.03. The predicted octanol–water partition coefficient (Wildman–Crippen LogP) is -2.16. The number of hydrogen-bond acceptors (Lipinski definition) is 14. The van der Waals surface area contributed by atoms with Gasteiger partial charge in [0.2, 0.25) is 5.91 Å². The Morgan fingerprint density at radius 3 is 2.39 bits per heavy atom. The van der Waals surface area contributed by atoms with Crippen LogP contribution in [-0.4, -0.2) is 144 Å². The Morgan fingerprint density at radius 2 is 1.77 bits per heavy atom. The third kappa shape index (κ3) is 7.46.